The molecule has 0 aliphatic carbocycles. The van der Waals surface area contributed by atoms with Crippen LogP contribution < -0.4 is 5.32 Å². The first-order chi connectivity index (χ1) is 10.8. The fourth-order valence-corrected chi connectivity index (χ4v) is 3.11. The van der Waals surface area contributed by atoms with E-state index in [4.69, 9.17) is 0 Å². The molecule has 0 amide bonds. The Morgan fingerprint density at radius 2 is 1.64 bits per heavy atom. The first kappa shape index (κ1) is 15.1. The highest BCUT2D eigenvalue weighted by Gasteiger charge is 2.10. The van der Waals surface area contributed by atoms with Crippen molar-refractivity contribution < 1.29 is 0 Å². The van der Waals surface area contributed by atoms with Crippen molar-refractivity contribution in [2.75, 3.05) is 18.4 Å². The van der Waals surface area contributed by atoms with E-state index in [-0.39, 0.29) is 0 Å². The highest BCUT2D eigenvalue weighted by molar-refractivity contribution is 5.45. The Labute approximate surface area is 134 Å². The van der Waals surface area contributed by atoms with Crippen LogP contribution >= 0.6 is 0 Å². The predicted molar refractivity (Wildman–Crippen MR) is 94.1 cm³/mol. The lowest BCUT2D eigenvalue weighted by Gasteiger charge is -2.26. The minimum atomic E-state index is 0.887. The molecule has 2 aromatic rings. The Balaban J connectivity index is 1.54. The molecule has 0 aromatic heterocycles. The van der Waals surface area contributed by atoms with Crippen LogP contribution in [-0.4, -0.2) is 18.0 Å². The fourth-order valence-electron chi connectivity index (χ4n) is 3.11. The molecule has 0 atom stereocenters. The summed E-state index contributed by atoms with van der Waals surface area (Å²) in [6, 6.07) is 17.5. The number of nitrogens with zero attached hydrogens (tertiary/aromatic N) is 1. The van der Waals surface area contributed by atoms with E-state index in [1.54, 1.807) is 0 Å². The molecule has 22 heavy (non-hydrogen) atoms. The summed E-state index contributed by atoms with van der Waals surface area (Å²) in [6.07, 6.45) is 4.12. The van der Waals surface area contributed by atoms with Gasteiger partial charge in [0.2, 0.25) is 0 Å². The number of nitrogens with one attached hydrogen (secondary N) is 1. The molecule has 0 bridgehead atoms. The highest BCUT2D eigenvalue weighted by atomic mass is 15.1. The normalized spacial score (nSPS) is 15.7. The zero-order valence-corrected chi connectivity index (χ0v) is 13.5. The molecular formula is C20H26N2. The molecule has 116 valence electrons. The fraction of sp³-hybridized carbons (Fsp3) is 0.400. The number of likely N-dealkylation sites (tertiary alicyclic amines) is 1. The summed E-state index contributed by atoms with van der Waals surface area (Å²) >= 11 is 0. The van der Waals surface area contributed by atoms with Gasteiger partial charge in [-0.05, 0) is 61.7 Å². The van der Waals surface area contributed by atoms with E-state index in [0.717, 1.165) is 13.1 Å². The first-order valence-electron chi connectivity index (χ1n) is 8.41. The molecule has 2 nitrogen and oxygen atoms in total. The summed E-state index contributed by atoms with van der Waals surface area (Å²) in [5.74, 6) is 0. The number of benzene rings is 2. The number of anilines is 1. The van der Waals surface area contributed by atoms with Gasteiger partial charge in [0, 0.05) is 18.8 Å². The Hall–Kier alpha value is -1.80. The van der Waals surface area contributed by atoms with Crippen LogP contribution in [0.1, 0.15) is 36.0 Å². The van der Waals surface area contributed by atoms with Gasteiger partial charge in [-0.3, -0.25) is 4.90 Å². The van der Waals surface area contributed by atoms with E-state index in [1.165, 1.54) is 54.7 Å². The Kier molecular flexibility index (Phi) is 5.12. The minimum absolute atomic E-state index is 0.887. The van der Waals surface area contributed by atoms with E-state index < -0.39 is 0 Å². The summed E-state index contributed by atoms with van der Waals surface area (Å²) < 4.78 is 0. The number of aryl methyl sites for hydroxylation is 1. The second-order valence-electron chi connectivity index (χ2n) is 6.31. The van der Waals surface area contributed by atoms with E-state index >= 15 is 0 Å². The van der Waals surface area contributed by atoms with Crippen molar-refractivity contribution in [2.45, 2.75) is 39.3 Å². The van der Waals surface area contributed by atoms with Crippen molar-refractivity contribution in [3.05, 3.63) is 65.2 Å². The largest absolute Gasteiger partial charge is 0.381 e. The van der Waals surface area contributed by atoms with Crippen molar-refractivity contribution in [1.29, 1.82) is 0 Å². The maximum atomic E-state index is 3.52. The van der Waals surface area contributed by atoms with Gasteiger partial charge in [0.1, 0.15) is 0 Å². The van der Waals surface area contributed by atoms with Crippen molar-refractivity contribution in [3.8, 4) is 0 Å². The van der Waals surface area contributed by atoms with Gasteiger partial charge in [0.05, 0.1) is 0 Å². The molecule has 1 saturated heterocycles. The van der Waals surface area contributed by atoms with E-state index in [2.05, 4.69) is 65.7 Å². The standard InChI is InChI=1S/C20H26N2/c1-17-7-3-4-8-19(17)15-21-20-11-9-18(10-12-20)16-22-13-5-2-6-14-22/h3-4,7-12,21H,2,5-6,13-16H2,1H3. The van der Waals surface area contributed by atoms with E-state index in [0.29, 0.717) is 0 Å². The first-order valence-corrected chi connectivity index (χ1v) is 8.41. The van der Waals surface area contributed by atoms with E-state index in [9.17, 15) is 0 Å². The van der Waals surface area contributed by atoms with Crippen LogP contribution in [0.15, 0.2) is 48.5 Å². The van der Waals surface area contributed by atoms with Gasteiger partial charge in [0.15, 0.2) is 0 Å². The lowest BCUT2D eigenvalue weighted by molar-refractivity contribution is 0.221. The quantitative estimate of drug-likeness (QED) is 0.867. The van der Waals surface area contributed by atoms with Crippen molar-refractivity contribution in [2.24, 2.45) is 0 Å². The summed E-state index contributed by atoms with van der Waals surface area (Å²) in [6.45, 7) is 6.66. The van der Waals surface area contributed by atoms with Crippen LogP contribution in [0.3, 0.4) is 0 Å². The lowest BCUT2D eigenvalue weighted by Crippen LogP contribution is -2.29. The smallest absolute Gasteiger partial charge is 0.0403 e. The molecule has 1 heterocycles. The van der Waals surface area contributed by atoms with E-state index in [1.807, 2.05) is 0 Å². The van der Waals surface area contributed by atoms with Gasteiger partial charge in [-0.1, -0.05) is 42.8 Å². The average Bonchev–Trinajstić information content (AvgIpc) is 2.56. The summed E-state index contributed by atoms with van der Waals surface area (Å²) in [5.41, 5.74) is 5.32. The third kappa shape index (κ3) is 4.11. The van der Waals surface area contributed by atoms with Crippen LogP contribution in [0.2, 0.25) is 0 Å². The molecule has 0 radical (unpaired) electrons. The van der Waals surface area contributed by atoms with Gasteiger partial charge in [-0.25, -0.2) is 0 Å². The van der Waals surface area contributed by atoms with Crippen molar-refractivity contribution in [3.63, 3.8) is 0 Å². The Morgan fingerprint density at radius 1 is 0.909 bits per heavy atom. The number of rotatable bonds is 5. The zero-order valence-electron chi connectivity index (χ0n) is 13.5. The minimum Gasteiger partial charge on any atom is -0.381 e. The molecule has 1 fully saturated rings. The molecule has 0 unspecified atom stereocenters. The molecule has 3 rings (SSSR count). The Bertz CT molecular complexity index is 583. The van der Waals surface area contributed by atoms with Crippen LogP contribution in [0, 0.1) is 6.92 Å². The predicted octanol–water partition coefficient (Wildman–Crippen LogP) is 4.59. The molecule has 1 aliphatic rings. The number of piperidine rings is 1. The monoisotopic (exact) mass is 294 g/mol. The maximum absolute atomic E-state index is 3.52. The molecule has 1 N–H and O–H groups in total. The number of hydrogen-bond donors (Lipinski definition) is 1. The molecule has 1 aliphatic heterocycles. The SMILES string of the molecule is Cc1ccccc1CNc1ccc(CN2CCCCC2)cc1. The van der Waals surface area contributed by atoms with Gasteiger partial charge in [-0.2, -0.15) is 0 Å². The second-order valence-corrected chi connectivity index (χ2v) is 6.31. The molecule has 2 heteroatoms. The third-order valence-electron chi connectivity index (χ3n) is 4.55. The van der Waals surface area contributed by atoms with Crippen LogP contribution in [0.4, 0.5) is 5.69 Å². The van der Waals surface area contributed by atoms with Gasteiger partial charge in [-0.15, -0.1) is 0 Å². The second kappa shape index (κ2) is 7.46. The molecule has 0 saturated carbocycles. The summed E-state index contributed by atoms with van der Waals surface area (Å²) in [4.78, 5) is 2.57. The lowest BCUT2D eigenvalue weighted by atomic mass is 10.1. The third-order valence-corrected chi connectivity index (χ3v) is 4.55. The topological polar surface area (TPSA) is 15.3 Å². The Morgan fingerprint density at radius 3 is 2.36 bits per heavy atom. The summed E-state index contributed by atoms with van der Waals surface area (Å²) in [7, 11) is 0. The van der Waals surface area contributed by atoms with Crippen molar-refractivity contribution in [1.82, 2.24) is 4.90 Å². The van der Waals surface area contributed by atoms with Gasteiger partial charge < -0.3 is 5.32 Å². The van der Waals surface area contributed by atoms with Crippen LogP contribution in [0.5, 0.6) is 0 Å². The van der Waals surface area contributed by atoms with Crippen LogP contribution in [-0.2, 0) is 13.1 Å². The average molecular weight is 294 g/mol. The summed E-state index contributed by atoms with van der Waals surface area (Å²) in [5, 5.41) is 3.52. The van der Waals surface area contributed by atoms with Gasteiger partial charge in [0.25, 0.3) is 0 Å². The molecular weight excluding hydrogens is 268 g/mol. The maximum Gasteiger partial charge on any atom is 0.0403 e. The van der Waals surface area contributed by atoms with Crippen LogP contribution in [0.25, 0.3) is 0 Å². The molecule has 2 aromatic carbocycles. The highest BCUT2D eigenvalue weighted by Crippen LogP contribution is 2.16. The zero-order chi connectivity index (χ0) is 15.2. The van der Waals surface area contributed by atoms with Gasteiger partial charge >= 0.3 is 0 Å². The van der Waals surface area contributed by atoms with Crippen molar-refractivity contribution >= 4 is 5.69 Å². The number of hydrogen-bond acceptors (Lipinski definition) is 2. The molecule has 0 spiro atoms.